The summed E-state index contributed by atoms with van der Waals surface area (Å²) in [5, 5.41) is 14.1. The summed E-state index contributed by atoms with van der Waals surface area (Å²) in [6.45, 7) is 4.02. The van der Waals surface area contributed by atoms with Crippen molar-refractivity contribution in [2.24, 2.45) is 0 Å². The summed E-state index contributed by atoms with van der Waals surface area (Å²) in [7, 11) is 0. The maximum absolute atomic E-state index is 13.2. The minimum Gasteiger partial charge on any atom is -0.394 e. The highest BCUT2D eigenvalue weighted by atomic mass is 19.2. The quantitative estimate of drug-likeness (QED) is 0.504. The number of carbonyl (C=O) groups excluding carboxylic acids is 1. The van der Waals surface area contributed by atoms with Gasteiger partial charge in [0.15, 0.2) is 17.5 Å². The maximum Gasteiger partial charge on any atom is 0.315 e. The van der Waals surface area contributed by atoms with Gasteiger partial charge in [0, 0.05) is 13.2 Å². The van der Waals surface area contributed by atoms with Crippen LogP contribution < -0.4 is 10.6 Å². The summed E-state index contributed by atoms with van der Waals surface area (Å²) in [5.41, 5.74) is -0.0674. The second-order valence-electron chi connectivity index (χ2n) is 5.21. The van der Waals surface area contributed by atoms with Crippen molar-refractivity contribution in [3.8, 4) is 0 Å². The van der Waals surface area contributed by atoms with Crippen LogP contribution in [0.15, 0.2) is 12.1 Å². The Balaban J connectivity index is 2.51. The molecule has 0 spiro atoms. The Hall–Kier alpha value is -1.80. The van der Waals surface area contributed by atoms with E-state index in [4.69, 9.17) is 4.74 Å². The Morgan fingerprint density at radius 1 is 1.26 bits per heavy atom. The first-order chi connectivity index (χ1) is 10.8. The molecule has 5 nitrogen and oxygen atoms in total. The minimum absolute atomic E-state index is 0.0674. The molecule has 0 fully saturated rings. The molecule has 23 heavy (non-hydrogen) atoms. The normalized spacial score (nSPS) is 12.3. The van der Waals surface area contributed by atoms with Crippen molar-refractivity contribution in [1.29, 1.82) is 0 Å². The number of rotatable bonds is 8. The predicted molar refractivity (Wildman–Crippen MR) is 78.4 cm³/mol. The van der Waals surface area contributed by atoms with Gasteiger partial charge in [-0.2, -0.15) is 0 Å². The molecule has 130 valence electrons. The van der Waals surface area contributed by atoms with E-state index in [-0.39, 0.29) is 11.7 Å². The van der Waals surface area contributed by atoms with E-state index in [0.717, 1.165) is 12.1 Å². The lowest BCUT2D eigenvalue weighted by molar-refractivity contribution is 0.0773. The van der Waals surface area contributed by atoms with Crippen molar-refractivity contribution < 1.29 is 27.8 Å². The number of benzene rings is 1. The van der Waals surface area contributed by atoms with Crippen molar-refractivity contribution in [3.63, 3.8) is 0 Å². The number of hydrogen-bond donors (Lipinski definition) is 3. The number of halogens is 3. The second-order valence-corrected chi connectivity index (χ2v) is 5.21. The van der Waals surface area contributed by atoms with Gasteiger partial charge >= 0.3 is 6.03 Å². The Morgan fingerprint density at radius 3 is 2.39 bits per heavy atom. The summed E-state index contributed by atoms with van der Waals surface area (Å²) < 4.78 is 44.6. The predicted octanol–water partition coefficient (Wildman–Crippen LogP) is 2.25. The van der Waals surface area contributed by atoms with Gasteiger partial charge in [0.25, 0.3) is 0 Å². The number of urea groups is 1. The highest BCUT2D eigenvalue weighted by molar-refractivity contribution is 5.74. The van der Waals surface area contributed by atoms with Gasteiger partial charge in [-0.3, -0.25) is 0 Å². The summed E-state index contributed by atoms with van der Waals surface area (Å²) in [6.07, 6.45) is 0.695. The fourth-order valence-electron chi connectivity index (χ4n) is 1.81. The van der Waals surface area contributed by atoms with Gasteiger partial charge in [-0.1, -0.05) is 0 Å². The molecule has 0 saturated heterocycles. The molecule has 3 N–H and O–H groups in total. The smallest absolute Gasteiger partial charge is 0.315 e. The number of aliphatic hydroxyl groups is 1. The minimum atomic E-state index is -1.60. The average Bonchev–Trinajstić information content (AvgIpc) is 2.49. The average molecular weight is 334 g/mol. The largest absolute Gasteiger partial charge is 0.394 e. The SMILES string of the molecule is CC(C)OCCCNC(=O)NC(CO)c1cc(F)c(F)c(F)c1. The van der Waals surface area contributed by atoms with Gasteiger partial charge in [-0.05, 0) is 38.0 Å². The van der Waals surface area contributed by atoms with E-state index in [1.807, 2.05) is 13.8 Å². The monoisotopic (exact) mass is 334 g/mol. The van der Waals surface area contributed by atoms with Crippen LogP contribution in [0, 0.1) is 17.5 Å². The van der Waals surface area contributed by atoms with Gasteiger partial charge in [-0.15, -0.1) is 0 Å². The Bertz CT molecular complexity index is 504. The van der Waals surface area contributed by atoms with E-state index in [9.17, 15) is 23.1 Å². The van der Waals surface area contributed by atoms with Gasteiger partial charge < -0.3 is 20.5 Å². The fraction of sp³-hybridized carbons (Fsp3) is 0.533. The Morgan fingerprint density at radius 2 is 1.87 bits per heavy atom. The molecule has 1 unspecified atom stereocenters. The van der Waals surface area contributed by atoms with Gasteiger partial charge in [-0.25, -0.2) is 18.0 Å². The van der Waals surface area contributed by atoms with Crippen LogP contribution in [0.5, 0.6) is 0 Å². The molecule has 1 aromatic carbocycles. The zero-order valence-corrected chi connectivity index (χ0v) is 13.0. The molecule has 0 bridgehead atoms. The zero-order chi connectivity index (χ0) is 17.4. The summed E-state index contributed by atoms with van der Waals surface area (Å²) in [5.74, 6) is -4.36. The van der Waals surface area contributed by atoms with Crippen LogP contribution in [0.4, 0.5) is 18.0 Å². The van der Waals surface area contributed by atoms with E-state index in [1.165, 1.54) is 0 Å². The second kappa shape index (κ2) is 9.36. The van der Waals surface area contributed by atoms with E-state index >= 15 is 0 Å². The molecule has 1 rings (SSSR count). The number of hydrogen-bond acceptors (Lipinski definition) is 3. The molecule has 0 heterocycles. The first-order valence-corrected chi connectivity index (χ1v) is 7.26. The lowest BCUT2D eigenvalue weighted by atomic mass is 10.1. The zero-order valence-electron chi connectivity index (χ0n) is 13.0. The summed E-state index contributed by atoms with van der Waals surface area (Å²) in [4.78, 5) is 11.7. The van der Waals surface area contributed by atoms with Crippen molar-refractivity contribution in [2.75, 3.05) is 19.8 Å². The summed E-state index contributed by atoms with van der Waals surface area (Å²) >= 11 is 0. The first-order valence-electron chi connectivity index (χ1n) is 7.26. The molecule has 1 aromatic rings. The molecule has 1 atom stereocenters. The molecule has 0 aliphatic carbocycles. The van der Waals surface area contributed by atoms with Crippen LogP contribution in [0.25, 0.3) is 0 Å². The molecular formula is C15H21F3N2O3. The first kappa shape index (κ1) is 19.2. The summed E-state index contributed by atoms with van der Waals surface area (Å²) in [6, 6.07) is -0.197. The van der Waals surface area contributed by atoms with Gasteiger partial charge in [0.05, 0.1) is 18.8 Å². The molecule has 2 amide bonds. The van der Waals surface area contributed by atoms with E-state index in [1.54, 1.807) is 0 Å². The van der Waals surface area contributed by atoms with Crippen LogP contribution in [0.1, 0.15) is 31.9 Å². The van der Waals surface area contributed by atoms with Crippen molar-refractivity contribution in [1.82, 2.24) is 10.6 Å². The molecule has 0 aliphatic rings. The number of carbonyl (C=O) groups is 1. The van der Waals surface area contributed by atoms with E-state index in [2.05, 4.69) is 10.6 Å². The van der Waals surface area contributed by atoms with E-state index in [0.29, 0.717) is 19.6 Å². The van der Waals surface area contributed by atoms with Crippen molar-refractivity contribution >= 4 is 6.03 Å². The van der Waals surface area contributed by atoms with Crippen molar-refractivity contribution in [3.05, 3.63) is 35.1 Å². The lowest BCUT2D eigenvalue weighted by Crippen LogP contribution is -2.40. The highest BCUT2D eigenvalue weighted by Crippen LogP contribution is 2.19. The third-order valence-electron chi connectivity index (χ3n) is 2.95. The van der Waals surface area contributed by atoms with Gasteiger partial charge in [0.2, 0.25) is 0 Å². The molecule has 8 heteroatoms. The lowest BCUT2D eigenvalue weighted by Gasteiger charge is -2.18. The number of nitrogens with one attached hydrogen (secondary N) is 2. The Labute approximate surface area is 132 Å². The molecule has 0 aliphatic heterocycles. The third kappa shape index (κ3) is 6.45. The Kier molecular flexibility index (Phi) is 7.84. The van der Waals surface area contributed by atoms with Crippen LogP contribution in [-0.2, 0) is 4.74 Å². The van der Waals surface area contributed by atoms with Crippen LogP contribution in [-0.4, -0.2) is 37.0 Å². The maximum atomic E-state index is 13.2. The number of ether oxygens (including phenoxy) is 1. The fourth-order valence-corrected chi connectivity index (χ4v) is 1.81. The highest BCUT2D eigenvalue weighted by Gasteiger charge is 2.18. The van der Waals surface area contributed by atoms with Crippen LogP contribution in [0.2, 0.25) is 0 Å². The number of amides is 2. The van der Waals surface area contributed by atoms with Crippen molar-refractivity contribution in [2.45, 2.75) is 32.4 Å². The topological polar surface area (TPSA) is 70.6 Å². The number of aliphatic hydroxyl groups excluding tert-OH is 1. The van der Waals surface area contributed by atoms with Gasteiger partial charge in [0.1, 0.15) is 0 Å². The molecular weight excluding hydrogens is 313 g/mol. The van der Waals surface area contributed by atoms with Crippen LogP contribution >= 0.6 is 0 Å². The third-order valence-corrected chi connectivity index (χ3v) is 2.95. The van der Waals surface area contributed by atoms with E-state index < -0.39 is 36.1 Å². The molecule has 0 saturated carbocycles. The standard InChI is InChI=1S/C15H21F3N2O3/c1-9(2)23-5-3-4-19-15(22)20-13(8-21)10-6-11(16)14(18)12(17)7-10/h6-7,9,13,21H,3-5,8H2,1-2H3,(H2,19,20,22). The molecule has 0 aromatic heterocycles. The van der Waals surface area contributed by atoms with Crippen LogP contribution in [0.3, 0.4) is 0 Å². The molecule has 0 radical (unpaired) electrons.